The van der Waals surface area contributed by atoms with Crippen LogP contribution in [0.4, 0.5) is 0 Å². The largest absolute Gasteiger partial charge is 0.242 e. The van der Waals surface area contributed by atoms with E-state index < -0.39 is 0 Å². The van der Waals surface area contributed by atoms with Crippen LogP contribution in [0.25, 0.3) is 10.0 Å². The molecule has 50 valence electrons. The summed E-state index contributed by atoms with van der Waals surface area (Å²) in [4.78, 5) is 4.09. The molecule has 0 radical (unpaired) electrons. The molecular weight excluding hydrogens is 166 g/mol. The van der Waals surface area contributed by atoms with Gasteiger partial charge >= 0.3 is 0 Å². The lowest BCUT2D eigenvalue weighted by molar-refractivity contribution is 1.09. The van der Waals surface area contributed by atoms with Crippen LogP contribution in [-0.2, 0) is 0 Å². The molecule has 2 aromatic rings. The molecule has 0 aliphatic carbocycles. The normalized spacial score (nSPS) is 10.0. The number of thiazole rings is 1. The Hall–Kier alpha value is -0.810. The molecule has 0 unspecified atom stereocenters. The van der Waals surface area contributed by atoms with Crippen LogP contribution in [0.5, 0.6) is 0 Å². The van der Waals surface area contributed by atoms with Gasteiger partial charge in [0.1, 0.15) is 5.51 Å². The van der Waals surface area contributed by atoms with Gasteiger partial charge < -0.3 is 0 Å². The number of rotatable bonds is 1. The Balaban J connectivity index is 2.48. The summed E-state index contributed by atoms with van der Waals surface area (Å²) in [6, 6.07) is 0. The third-order valence-electron chi connectivity index (χ3n) is 0.975. The molecule has 0 amide bonds. The van der Waals surface area contributed by atoms with E-state index in [0.29, 0.717) is 0 Å². The Labute approximate surface area is 65.4 Å². The van der Waals surface area contributed by atoms with E-state index in [9.17, 15) is 0 Å². The first-order chi connectivity index (χ1) is 4.97. The highest BCUT2D eigenvalue weighted by atomic mass is 32.1. The van der Waals surface area contributed by atoms with Crippen molar-refractivity contribution in [2.24, 2.45) is 0 Å². The highest BCUT2D eigenvalue weighted by Crippen LogP contribution is 2.21. The van der Waals surface area contributed by atoms with Crippen molar-refractivity contribution in [3.8, 4) is 10.0 Å². The highest BCUT2D eigenvalue weighted by Gasteiger charge is 2.01. The lowest BCUT2D eigenvalue weighted by atomic mass is 10.7. The molecular formula is C5H3N3S2. The summed E-state index contributed by atoms with van der Waals surface area (Å²) >= 11 is 3.08. The van der Waals surface area contributed by atoms with E-state index in [1.807, 2.05) is 5.38 Å². The SMILES string of the molecule is c1csc(-c2nncs2)n1. The van der Waals surface area contributed by atoms with E-state index in [2.05, 4.69) is 15.2 Å². The quantitative estimate of drug-likeness (QED) is 0.651. The monoisotopic (exact) mass is 169 g/mol. The number of hydrogen-bond donors (Lipinski definition) is 0. The van der Waals surface area contributed by atoms with Gasteiger partial charge in [-0.3, -0.25) is 0 Å². The molecule has 10 heavy (non-hydrogen) atoms. The van der Waals surface area contributed by atoms with Gasteiger partial charge in [0.05, 0.1) is 0 Å². The molecule has 0 saturated carbocycles. The maximum absolute atomic E-state index is 4.09. The standard InChI is InChI=1S/C5H3N3S2/c1-2-9-4(6-1)5-8-7-3-10-5/h1-3H. The van der Waals surface area contributed by atoms with Gasteiger partial charge in [0, 0.05) is 11.6 Å². The van der Waals surface area contributed by atoms with Gasteiger partial charge in [-0.25, -0.2) is 4.98 Å². The van der Waals surface area contributed by atoms with Gasteiger partial charge in [-0.15, -0.1) is 21.5 Å². The van der Waals surface area contributed by atoms with E-state index in [1.54, 1.807) is 23.0 Å². The number of nitrogens with zero attached hydrogens (tertiary/aromatic N) is 3. The topological polar surface area (TPSA) is 38.7 Å². The Morgan fingerprint density at radius 1 is 1.20 bits per heavy atom. The van der Waals surface area contributed by atoms with Crippen molar-refractivity contribution in [1.82, 2.24) is 15.2 Å². The second kappa shape index (κ2) is 2.43. The Morgan fingerprint density at radius 2 is 2.20 bits per heavy atom. The van der Waals surface area contributed by atoms with Gasteiger partial charge in [0.25, 0.3) is 0 Å². The summed E-state index contributed by atoms with van der Waals surface area (Å²) in [6.07, 6.45) is 1.77. The van der Waals surface area contributed by atoms with Gasteiger partial charge in [-0.1, -0.05) is 11.3 Å². The van der Waals surface area contributed by atoms with Gasteiger partial charge in [0.15, 0.2) is 10.0 Å². The molecule has 0 fully saturated rings. The van der Waals surface area contributed by atoms with Crippen LogP contribution in [0.1, 0.15) is 0 Å². The van der Waals surface area contributed by atoms with Gasteiger partial charge in [-0.2, -0.15) is 0 Å². The Kier molecular flexibility index (Phi) is 1.44. The summed E-state index contributed by atoms with van der Waals surface area (Å²) in [5, 5.41) is 11.4. The van der Waals surface area contributed by atoms with Gasteiger partial charge in [0.2, 0.25) is 0 Å². The third kappa shape index (κ3) is 0.932. The molecule has 3 nitrogen and oxygen atoms in total. The summed E-state index contributed by atoms with van der Waals surface area (Å²) in [6.45, 7) is 0. The summed E-state index contributed by atoms with van der Waals surface area (Å²) in [5.74, 6) is 0. The zero-order valence-electron chi connectivity index (χ0n) is 4.89. The van der Waals surface area contributed by atoms with Gasteiger partial charge in [-0.05, 0) is 0 Å². The van der Waals surface area contributed by atoms with Crippen molar-refractivity contribution in [2.45, 2.75) is 0 Å². The second-order valence-electron chi connectivity index (χ2n) is 1.58. The minimum Gasteiger partial charge on any atom is -0.242 e. The number of aromatic nitrogens is 3. The molecule has 0 N–H and O–H groups in total. The molecule has 0 atom stereocenters. The van der Waals surface area contributed by atoms with Crippen molar-refractivity contribution in [3.05, 3.63) is 17.1 Å². The molecule has 0 aliphatic rings. The predicted molar refractivity (Wildman–Crippen MR) is 41.0 cm³/mol. The van der Waals surface area contributed by atoms with Crippen molar-refractivity contribution >= 4 is 22.7 Å². The fourth-order valence-electron chi connectivity index (χ4n) is 0.595. The fraction of sp³-hybridized carbons (Fsp3) is 0. The third-order valence-corrected chi connectivity index (χ3v) is 2.58. The molecule has 0 spiro atoms. The van der Waals surface area contributed by atoms with Crippen LogP contribution in [0.3, 0.4) is 0 Å². The first kappa shape index (κ1) is 5.94. The van der Waals surface area contributed by atoms with Crippen LogP contribution >= 0.6 is 22.7 Å². The smallest absolute Gasteiger partial charge is 0.176 e. The molecule has 2 heterocycles. The highest BCUT2D eigenvalue weighted by molar-refractivity contribution is 7.19. The predicted octanol–water partition coefficient (Wildman–Crippen LogP) is 1.66. The van der Waals surface area contributed by atoms with E-state index in [-0.39, 0.29) is 0 Å². The lowest BCUT2D eigenvalue weighted by Crippen LogP contribution is -1.71. The first-order valence-corrected chi connectivity index (χ1v) is 4.39. The summed E-state index contributed by atoms with van der Waals surface area (Å²) in [5.41, 5.74) is 1.71. The molecule has 0 bridgehead atoms. The van der Waals surface area contributed by atoms with E-state index in [4.69, 9.17) is 0 Å². The molecule has 5 heteroatoms. The molecule has 2 rings (SSSR count). The van der Waals surface area contributed by atoms with Crippen molar-refractivity contribution in [3.63, 3.8) is 0 Å². The zero-order chi connectivity index (χ0) is 6.81. The Bertz CT molecular complexity index is 254. The van der Waals surface area contributed by atoms with Crippen LogP contribution in [-0.4, -0.2) is 15.2 Å². The van der Waals surface area contributed by atoms with Crippen LogP contribution in [0.2, 0.25) is 0 Å². The molecule has 0 aliphatic heterocycles. The van der Waals surface area contributed by atoms with E-state index in [1.165, 1.54) is 11.3 Å². The van der Waals surface area contributed by atoms with Crippen LogP contribution < -0.4 is 0 Å². The zero-order valence-corrected chi connectivity index (χ0v) is 6.52. The molecule has 2 aromatic heterocycles. The minimum absolute atomic E-state index is 0.898. The van der Waals surface area contributed by atoms with Crippen LogP contribution in [0.15, 0.2) is 17.1 Å². The first-order valence-electron chi connectivity index (χ1n) is 2.63. The summed E-state index contributed by atoms with van der Waals surface area (Å²) in [7, 11) is 0. The van der Waals surface area contributed by atoms with Crippen molar-refractivity contribution < 1.29 is 0 Å². The maximum Gasteiger partial charge on any atom is 0.176 e. The summed E-state index contributed by atoms with van der Waals surface area (Å²) < 4.78 is 0. The molecule has 0 aromatic carbocycles. The number of hydrogen-bond acceptors (Lipinski definition) is 5. The minimum atomic E-state index is 0.898. The molecule has 0 saturated heterocycles. The van der Waals surface area contributed by atoms with E-state index in [0.717, 1.165) is 10.0 Å². The Morgan fingerprint density at radius 3 is 2.80 bits per heavy atom. The second-order valence-corrected chi connectivity index (χ2v) is 3.31. The van der Waals surface area contributed by atoms with E-state index >= 15 is 0 Å². The van der Waals surface area contributed by atoms with Crippen molar-refractivity contribution in [1.29, 1.82) is 0 Å². The fourth-order valence-corrected chi connectivity index (χ4v) is 1.84. The average molecular weight is 169 g/mol. The average Bonchev–Trinajstić information content (AvgIpc) is 2.59. The maximum atomic E-state index is 4.09. The van der Waals surface area contributed by atoms with Crippen molar-refractivity contribution in [2.75, 3.05) is 0 Å². The van der Waals surface area contributed by atoms with Crippen LogP contribution in [0, 0.1) is 0 Å². The lowest BCUT2D eigenvalue weighted by Gasteiger charge is -1.80.